The Labute approximate surface area is 152 Å². The molecular formula is C21H34NO3+. The Hall–Kier alpha value is -0.940. The van der Waals surface area contributed by atoms with Gasteiger partial charge >= 0.3 is 0 Å². The molecule has 2 fully saturated rings. The number of likely N-dealkylation sites (N-methyl/N-ethyl adjacent to an activating group) is 1. The molecule has 2 aliphatic rings. The smallest absolute Gasteiger partial charge is 0.158 e. The molecule has 3 rings (SSSR count). The summed E-state index contributed by atoms with van der Waals surface area (Å²) >= 11 is 0. The van der Waals surface area contributed by atoms with E-state index in [-0.39, 0.29) is 17.8 Å². The lowest BCUT2D eigenvalue weighted by atomic mass is 9.86. The Morgan fingerprint density at radius 1 is 1.08 bits per heavy atom. The Morgan fingerprint density at radius 3 is 2.40 bits per heavy atom. The van der Waals surface area contributed by atoms with E-state index in [9.17, 15) is 0 Å². The highest BCUT2D eigenvalue weighted by Gasteiger charge is 2.34. The topological polar surface area (TPSA) is 27.7 Å². The van der Waals surface area contributed by atoms with Crippen LogP contribution in [0.5, 0.6) is 0 Å². The minimum Gasteiger partial charge on any atom is -0.370 e. The number of rotatable bonds is 5. The molecular weight excluding hydrogens is 314 g/mol. The number of benzene rings is 1. The number of morpholine rings is 1. The summed E-state index contributed by atoms with van der Waals surface area (Å²) in [6.07, 6.45) is 2.09. The second-order valence-electron chi connectivity index (χ2n) is 8.87. The third-order valence-electron chi connectivity index (χ3n) is 5.50. The van der Waals surface area contributed by atoms with E-state index >= 15 is 0 Å². The monoisotopic (exact) mass is 348 g/mol. The van der Waals surface area contributed by atoms with Crippen LogP contribution in [0.3, 0.4) is 0 Å². The molecule has 0 saturated carbocycles. The maximum Gasteiger partial charge on any atom is 0.158 e. The molecule has 1 aromatic rings. The Kier molecular flexibility index (Phi) is 5.84. The number of hydrogen-bond acceptors (Lipinski definition) is 3. The highest BCUT2D eigenvalue weighted by Crippen LogP contribution is 2.24. The molecule has 1 aromatic carbocycles. The van der Waals surface area contributed by atoms with Crippen LogP contribution in [0.1, 0.15) is 38.3 Å². The van der Waals surface area contributed by atoms with Crippen molar-refractivity contribution in [2.45, 2.75) is 51.4 Å². The molecule has 25 heavy (non-hydrogen) atoms. The molecule has 0 unspecified atom stereocenters. The minimum atomic E-state index is -0.0556. The summed E-state index contributed by atoms with van der Waals surface area (Å²) < 4.78 is 18.6. The van der Waals surface area contributed by atoms with Gasteiger partial charge < -0.3 is 18.7 Å². The van der Waals surface area contributed by atoms with E-state index in [1.807, 2.05) is 0 Å². The van der Waals surface area contributed by atoms with Crippen LogP contribution in [0.25, 0.3) is 0 Å². The molecule has 2 aliphatic heterocycles. The van der Waals surface area contributed by atoms with Crippen LogP contribution < -0.4 is 0 Å². The van der Waals surface area contributed by atoms with Gasteiger partial charge in [-0.05, 0) is 23.0 Å². The first-order valence-electron chi connectivity index (χ1n) is 9.62. The summed E-state index contributed by atoms with van der Waals surface area (Å²) in [5.41, 5.74) is 2.95. The third kappa shape index (κ3) is 5.27. The molecule has 2 heterocycles. The molecule has 0 bridgehead atoms. The van der Waals surface area contributed by atoms with Crippen molar-refractivity contribution in [1.29, 1.82) is 0 Å². The van der Waals surface area contributed by atoms with E-state index in [0.717, 1.165) is 56.8 Å². The molecule has 0 radical (unpaired) electrons. The SMILES string of the molecule is CC(C)(C)c1ccc(CC[C@H]2OC[C@H](C[N+]3(C)CCOCC3)O2)cc1. The summed E-state index contributed by atoms with van der Waals surface area (Å²) in [4.78, 5) is 0. The molecule has 2 saturated heterocycles. The van der Waals surface area contributed by atoms with Gasteiger partial charge in [-0.2, -0.15) is 0 Å². The van der Waals surface area contributed by atoms with Gasteiger partial charge in [0.25, 0.3) is 0 Å². The number of aryl methyl sites for hydroxylation is 1. The van der Waals surface area contributed by atoms with Crippen LogP contribution in [0, 0.1) is 0 Å². The first-order valence-corrected chi connectivity index (χ1v) is 9.62. The number of ether oxygens (including phenoxy) is 3. The molecule has 140 valence electrons. The van der Waals surface area contributed by atoms with Gasteiger partial charge in [0, 0.05) is 6.42 Å². The van der Waals surface area contributed by atoms with Crippen LogP contribution in [0.15, 0.2) is 24.3 Å². The van der Waals surface area contributed by atoms with E-state index in [2.05, 4.69) is 52.1 Å². The van der Waals surface area contributed by atoms with Crippen molar-refractivity contribution in [3.8, 4) is 0 Å². The van der Waals surface area contributed by atoms with Crippen LogP contribution in [-0.2, 0) is 26.0 Å². The molecule has 4 heteroatoms. The van der Waals surface area contributed by atoms with Gasteiger partial charge in [-0.25, -0.2) is 0 Å². The van der Waals surface area contributed by atoms with Gasteiger partial charge in [-0.3, -0.25) is 0 Å². The Bertz CT molecular complexity index is 543. The zero-order valence-electron chi connectivity index (χ0n) is 16.3. The van der Waals surface area contributed by atoms with Gasteiger partial charge in [0.05, 0.1) is 26.9 Å². The predicted molar refractivity (Wildman–Crippen MR) is 99.7 cm³/mol. The molecule has 0 amide bonds. The van der Waals surface area contributed by atoms with E-state index in [1.54, 1.807) is 0 Å². The van der Waals surface area contributed by atoms with Crippen molar-refractivity contribution in [1.82, 2.24) is 0 Å². The standard InChI is InChI=1S/C21H34NO3/c1-21(2,3)18-8-5-17(6-9-18)7-10-20-24-16-19(25-20)15-22(4)11-13-23-14-12-22/h5-6,8-9,19-20H,7,10-16H2,1-4H3/q+1/t19-,20-/m0/s1. The van der Waals surface area contributed by atoms with E-state index in [4.69, 9.17) is 14.2 Å². The van der Waals surface area contributed by atoms with Crippen molar-refractivity contribution < 1.29 is 18.7 Å². The fraction of sp³-hybridized carbons (Fsp3) is 0.714. The van der Waals surface area contributed by atoms with Gasteiger partial charge in [-0.1, -0.05) is 45.0 Å². The highest BCUT2D eigenvalue weighted by molar-refractivity contribution is 5.27. The van der Waals surface area contributed by atoms with E-state index in [0.29, 0.717) is 0 Å². The van der Waals surface area contributed by atoms with Crippen LogP contribution in [-0.4, -0.2) is 63.4 Å². The fourth-order valence-corrected chi connectivity index (χ4v) is 3.67. The fourth-order valence-electron chi connectivity index (χ4n) is 3.67. The first-order chi connectivity index (χ1) is 11.8. The normalized spacial score (nSPS) is 26.7. The first kappa shape index (κ1) is 18.8. The third-order valence-corrected chi connectivity index (χ3v) is 5.50. The average Bonchev–Trinajstić information content (AvgIpc) is 3.00. The molecule has 0 aliphatic carbocycles. The summed E-state index contributed by atoms with van der Waals surface area (Å²) in [5, 5.41) is 0. The van der Waals surface area contributed by atoms with Crippen molar-refractivity contribution in [2.75, 3.05) is 46.5 Å². The lowest BCUT2D eigenvalue weighted by Gasteiger charge is -2.38. The zero-order chi connectivity index (χ0) is 17.9. The quantitative estimate of drug-likeness (QED) is 0.765. The van der Waals surface area contributed by atoms with Crippen LogP contribution in [0.2, 0.25) is 0 Å². The zero-order valence-corrected chi connectivity index (χ0v) is 16.3. The van der Waals surface area contributed by atoms with Crippen molar-refractivity contribution >= 4 is 0 Å². The highest BCUT2D eigenvalue weighted by atomic mass is 16.7. The lowest BCUT2D eigenvalue weighted by Crippen LogP contribution is -2.55. The van der Waals surface area contributed by atoms with Crippen LogP contribution >= 0.6 is 0 Å². The maximum absolute atomic E-state index is 6.15. The molecule has 0 spiro atoms. The van der Waals surface area contributed by atoms with Crippen LogP contribution in [0.4, 0.5) is 0 Å². The number of quaternary nitrogens is 1. The molecule has 0 aromatic heterocycles. The van der Waals surface area contributed by atoms with Gasteiger partial charge in [0.1, 0.15) is 25.7 Å². The second-order valence-corrected chi connectivity index (χ2v) is 8.87. The minimum absolute atomic E-state index is 0.0556. The van der Waals surface area contributed by atoms with E-state index in [1.165, 1.54) is 11.1 Å². The van der Waals surface area contributed by atoms with Crippen molar-refractivity contribution in [2.24, 2.45) is 0 Å². The summed E-state index contributed by atoms with van der Waals surface area (Å²) in [5.74, 6) is 0. The second kappa shape index (κ2) is 7.75. The van der Waals surface area contributed by atoms with Crippen molar-refractivity contribution in [3.05, 3.63) is 35.4 Å². The summed E-state index contributed by atoms with van der Waals surface area (Å²) in [7, 11) is 2.30. The Morgan fingerprint density at radius 2 is 1.76 bits per heavy atom. The summed E-state index contributed by atoms with van der Waals surface area (Å²) in [6, 6.07) is 8.98. The number of hydrogen-bond donors (Lipinski definition) is 0. The summed E-state index contributed by atoms with van der Waals surface area (Å²) in [6.45, 7) is 12.4. The molecule has 2 atom stereocenters. The maximum atomic E-state index is 6.15. The predicted octanol–water partition coefficient (Wildman–Crippen LogP) is 3.14. The molecule has 4 nitrogen and oxygen atoms in total. The lowest BCUT2D eigenvalue weighted by molar-refractivity contribution is -0.919. The Balaban J connectivity index is 1.44. The van der Waals surface area contributed by atoms with Crippen molar-refractivity contribution in [3.63, 3.8) is 0 Å². The van der Waals surface area contributed by atoms with Gasteiger partial charge in [0.15, 0.2) is 6.29 Å². The molecule has 0 N–H and O–H groups in total. The largest absolute Gasteiger partial charge is 0.370 e. The van der Waals surface area contributed by atoms with Gasteiger partial charge in [-0.15, -0.1) is 0 Å². The average molecular weight is 349 g/mol. The van der Waals surface area contributed by atoms with Gasteiger partial charge in [0.2, 0.25) is 0 Å². The number of nitrogens with zero attached hydrogens (tertiary/aromatic N) is 1. The van der Waals surface area contributed by atoms with E-state index < -0.39 is 0 Å².